The van der Waals surface area contributed by atoms with E-state index in [1.54, 1.807) is 0 Å². The molecule has 4 amide bonds. The predicted octanol–water partition coefficient (Wildman–Crippen LogP) is -0.582. The molecule has 0 unspecified atom stereocenters. The van der Waals surface area contributed by atoms with Crippen molar-refractivity contribution < 1.29 is 19.2 Å². The number of carbonyl (C=O) groups excluding carboxylic acids is 4. The van der Waals surface area contributed by atoms with E-state index in [0.29, 0.717) is 38.8 Å². The van der Waals surface area contributed by atoms with Crippen LogP contribution in [0, 0.1) is 0 Å². The normalized spacial score (nSPS) is 23.2. The molecule has 24 heavy (non-hydrogen) atoms. The quantitative estimate of drug-likeness (QED) is 0.422. The third-order valence-corrected chi connectivity index (χ3v) is 4.47. The van der Waals surface area contributed by atoms with Crippen LogP contribution in [-0.2, 0) is 19.2 Å². The van der Waals surface area contributed by atoms with Crippen molar-refractivity contribution in [1.82, 2.24) is 15.5 Å². The molecule has 0 spiro atoms. The number of carbonyl (C=O) groups is 4. The van der Waals surface area contributed by atoms with Crippen LogP contribution in [0.4, 0.5) is 0 Å². The summed E-state index contributed by atoms with van der Waals surface area (Å²) in [5.41, 5.74) is 5.07. The van der Waals surface area contributed by atoms with Gasteiger partial charge in [0.15, 0.2) is 0 Å². The molecule has 8 nitrogen and oxygen atoms in total. The maximum absolute atomic E-state index is 12.6. The van der Waals surface area contributed by atoms with Gasteiger partial charge < -0.3 is 16.4 Å². The number of nitrogens with two attached hydrogens (primary N) is 1. The fourth-order valence-corrected chi connectivity index (χ4v) is 3.14. The molecule has 0 aromatic heterocycles. The Hall–Kier alpha value is -1.80. The van der Waals surface area contributed by atoms with E-state index in [-0.39, 0.29) is 12.8 Å². The van der Waals surface area contributed by atoms with Gasteiger partial charge in [0, 0.05) is 12.8 Å². The van der Waals surface area contributed by atoms with E-state index in [1.165, 1.54) is 0 Å². The zero-order valence-electron chi connectivity index (χ0n) is 13.9. The Morgan fingerprint density at radius 2 is 1.38 bits per heavy atom. The fraction of sp³-hybridized carbons (Fsp3) is 0.750. The van der Waals surface area contributed by atoms with Crippen LogP contribution >= 0.6 is 0 Å². The minimum atomic E-state index is -0.489. The van der Waals surface area contributed by atoms with Gasteiger partial charge in [0.25, 0.3) is 11.8 Å². The van der Waals surface area contributed by atoms with Crippen LogP contribution < -0.4 is 16.4 Å². The first kappa shape index (κ1) is 18.5. The highest BCUT2D eigenvalue weighted by Gasteiger charge is 2.38. The topological polar surface area (TPSA) is 122 Å². The average molecular weight is 338 g/mol. The Kier molecular flexibility index (Phi) is 6.86. The summed E-state index contributed by atoms with van der Waals surface area (Å²) < 4.78 is 0. The Bertz CT molecular complexity index is 468. The largest absolute Gasteiger partial charge is 0.370 e. The molecule has 2 aliphatic rings. The van der Waals surface area contributed by atoms with Crippen LogP contribution in [0.3, 0.4) is 0 Å². The van der Waals surface area contributed by atoms with Crippen molar-refractivity contribution in [1.29, 1.82) is 0 Å². The number of nitrogens with zero attached hydrogens (tertiary/aromatic N) is 1. The third-order valence-electron chi connectivity index (χ3n) is 4.47. The molecule has 2 atom stereocenters. The standard InChI is InChI=1S/C16H26N4O4/c17-13(21)7-1-2-8-14(22)20(15(23)11-5-3-9-18-11)16(24)12-6-4-10-19-12/h11-12,18-19H,1-10H2,(H2,17,21)/t11-,12-/m0/s1. The second kappa shape index (κ2) is 8.89. The second-order valence-electron chi connectivity index (χ2n) is 6.38. The number of unbranched alkanes of at least 4 members (excludes halogenated alkanes) is 1. The molecule has 0 aromatic rings. The lowest BCUT2D eigenvalue weighted by Gasteiger charge is -2.25. The molecule has 8 heteroatoms. The van der Waals surface area contributed by atoms with Crippen molar-refractivity contribution in [2.45, 2.75) is 63.5 Å². The molecule has 0 aliphatic carbocycles. The summed E-state index contributed by atoms with van der Waals surface area (Å²) in [6.07, 6.45) is 4.13. The first-order valence-electron chi connectivity index (χ1n) is 8.66. The first-order chi connectivity index (χ1) is 11.5. The molecule has 4 N–H and O–H groups in total. The summed E-state index contributed by atoms with van der Waals surface area (Å²) in [4.78, 5) is 49.4. The smallest absolute Gasteiger partial charge is 0.253 e. The number of hydrogen-bond acceptors (Lipinski definition) is 6. The molecular formula is C16H26N4O4. The average Bonchev–Trinajstić information content (AvgIpc) is 3.23. The highest BCUT2D eigenvalue weighted by molar-refractivity contribution is 6.13. The summed E-state index contributed by atoms with van der Waals surface area (Å²) in [5, 5.41) is 6.08. The maximum atomic E-state index is 12.6. The molecule has 2 aliphatic heterocycles. The molecule has 2 saturated heterocycles. The predicted molar refractivity (Wildman–Crippen MR) is 86.6 cm³/mol. The third kappa shape index (κ3) is 4.85. The van der Waals surface area contributed by atoms with Crippen LogP contribution in [0.5, 0.6) is 0 Å². The van der Waals surface area contributed by atoms with Crippen molar-refractivity contribution >= 4 is 23.6 Å². The van der Waals surface area contributed by atoms with Crippen molar-refractivity contribution in [3.8, 4) is 0 Å². The Morgan fingerprint density at radius 3 is 1.79 bits per heavy atom. The lowest BCUT2D eigenvalue weighted by molar-refractivity contribution is -0.156. The number of primary amides is 1. The van der Waals surface area contributed by atoms with Crippen molar-refractivity contribution in [2.75, 3.05) is 13.1 Å². The van der Waals surface area contributed by atoms with Gasteiger partial charge in [-0.15, -0.1) is 0 Å². The summed E-state index contributed by atoms with van der Waals surface area (Å²) in [7, 11) is 0. The molecule has 134 valence electrons. The van der Waals surface area contributed by atoms with E-state index < -0.39 is 35.7 Å². The van der Waals surface area contributed by atoms with Gasteiger partial charge >= 0.3 is 0 Å². The van der Waals surface area contributed by atoms with Gasteiger partial charge in [-0.25, -0.2) is 4.90 Å². The number of nitrogens with one attached hydrogen (secondary N) is 2. The minimum absolute atomic E-state index is 0.0597. The molecule has 2 heterocycles. The SMILES string of the molecule is NC(=O)CCCCC(=O)N(C(=O)[C@@H]1CCCN1)C(=O)[C@@H]1CCCN1. The molecular weight excluding hydrogens is 312 g/mol. The highest BCUT2D eigenvalue weighted by atomic mass is 16.2. The van der Waals surface area contributed by atoms with Gasteiger partial charge in [0.05, 0.1) is 12.1 Å². The second-order valence-corrected chi connectivity index (χ2v) is 6.38. The van der Waals surface area contributed by atoms with Crippen molar-refractivity contribution in [3.63, 3.8) is 0 Å². The van der Waals surface area contributed by atoms with E-state index >= 15 is 0 Å². The molecule has 0 saturated carbocycles. The number of rotatable bonds is 7. The Balaban J connectivity index is 2.00. The minimum Gasteiger partial charge on any atom is -0.370 e. The monoisotopic (exact) mass is 338 g/mol. The summed E-state index contributed by atoms with van der Waals surface area (Å²) >= 11 is 0. The van der Waals surface area contributed by atoms with Crippen molar-refractivity contribution in [2.24, 2.45) is 5.73 Å². The van der Waals surface area contributed by atoms with Crippen LogP contribution in [0.15, 0.2) is 0 Å². The van der Waals surface area contributed by atoms with Gasteiger partial charge in [-0.2, -0.15) is 0 Å². The maximum Gasteiger partial charge on any atom is 0.253 e. The highest BCUT2D eigenvalue weighted by Crippen LogP contribution is 2.15. The van der Waals surface area contributed by atoms with E-state index in [9.17, 15) is 19.2 Å². The zero-order chi connectivity index (χ0) is 17.5. The number of imide groups is 3. The molecule has 2 rings (SSSR count). The van der Waals surface area contributed by atoms with Crippen LogP contribution in [-0.4, -0.2) is 53.7 Å². The Morgan fingerprint density at radius 1 is 0.875 bits per heavy atom. The molecule has 0 radical (unpaired) electrons. The van der Waals surface area contributed by atoms with Gasteiger partial charge in [-0.3, -0.25) is 19.2 Å². The van der Waals surface area contributed by atoms with E-state index in [0.717, 1.165) is 17.7 Å². The van der Waals surface area contributed by atoms with E-state index in [2.05, 4.69) is 10.6 Å². The lowest BCUT2D eigenvalue weighted by Crippen LogP contribution is -2.54. The van der Waals surface area contributed by atoms with Crippen molar-refractivity contribution in [3.05, 3.63) is 0 Å². The van der Waals surface area contributed by atoms with E-state index in [4.69, 9.17) is 5.73 Å². The van der Waals surface area contributed by atoms with Crippen LogP contribution in [0.1, 0.15) is 51.4 Å². The summed E-state index contributed by atoms with van der Waals surface area (Å²) in [5.74, 6) is -1.81. The van der Waals surface area contributed by atoms with Crippen LogP contribution in [0.25, 0.3) is 0 Å². The first-order valence-corrected chi connectivity index (χ1v) is 8.66. The van der Waals surface area contributed by atoms with Crippen LogP contribution in [0.2, 0.25) is 0 Å². The van der Waals surface area contributed by atoms with Gasteiger partial charge in [0.1, 0.15) is 0 Å². The Labute approximate surface area is 141 Å². The van der Waals surface area contributed by atoms with Gasteiger partial charge in [-0.1, -0.05) is 0 Å². The zero-order valence-corrected chi connectivity index (χ0v) is 13.9. The molecule has 2 fully saturated rings. The molecule has 0 aromatic carbocycles. The van der Waals surface area contributed by atoms with Gasteiger partial charge in [-0.05, 0) is 51.6 Å². The van der Waals surface area contributed by atoms with E-state index in [1.807, 2.05) is 0 Å². The lowest BCUT2D eigenvalue weighted by atomic mass is 10.1. The summed E-state index contributed by atoms with van der Waals surface area (Å²) in [6, 6.07) is -0.935. The van der Waals surface area contributed by atoms with Gasteiger partial charge in [0.2, 0.25) is 11.8 Å². The summed E-state index contributed by atoms with van der Waals surface area (Å²) in [6.45, 7) is 1.43. The number of amides is 4. The fourth-order valence-electron chi connectivity index (χ4n) is 3.14. The number of hydrogen-bond donors (Lipinski definition) is 3. The molecule has 0 bridgehead atoms.